The van der Waals surface area contributed by atoms with Gasteiger partial charge in [0.2, 0.25) is 23.6 Å². The number of nitrogens with one attached hydrogen (secondary N) is 3. The van der Waals surface area contributed by atoms with Gasteiger partial charge in [0.05, 0.1) is 12.5 Å². The summed E-state index contributed by atoms with van der Waals surface area (Å²) in [5, 5.41) is 25.7. The number of thiol groups is 1. The van der Waals surface area contributed by atoms with Gasteiger partial charge in [-0.15, -0.1) is 0 Å². The van der Waals surface area contributed by atoms with E-state index in [1.807, 2.05) is 6.26 Å². The third-order valence-electron chi connectivity index (χ3n) is 4.81. The first-order chi connectivity index (χ1) is 16.5. The van der Waals surface area contributed by atoms with Crippen LogP contribution in [-0.4, -0.2) is 81.7 Å². The SMILES string of the molecule is CSCCC(N)C(=O)NC(Cc1ccc(O)cc1)C(=O)NC(CC(N)=O)C(=O)NC(CS)C(=O)O. The Bertz CT molecular complexity index is 901. The van der Waals surface area contributed by atoms with Gasteiger partial charge in [0, 0.05) is 12.2 Å². The van der Waals surface area contributed by atoms with Crippen LogP contribution in [0.15, 0.2) is 24.3 Å². The highest BCUT2D eigenvalue weighted by atomic mass is 32.2. The van der Waals surface area contributed by atoms with Crippen LogP contribution in [0.3, 0.4) is 0 Å². The first-order valence-corrected chi connectivity index (χ1v) is 12.6. The number of phenols is 1. The molecular formula is C21H31N5O7S2. The van der Waals surface area contributed by atoms with E-state index < -0.39 is 60.2 Å². The number of aliphatic carboxylic acids is 1. The number of hydrogen-bond acceptors (Lipinski definition) is 9. The van der Waals surface area contributed by atoms with E-state index >= 15 is 0 Å². The molecule has 0 heterocycles. The number of carbonyl (C=O) groups excluding carboxylic acids is 4. The maximum Gasteiger partial charge on any atom is 0.327 e. The molecule has 0 aliphatic heterocycles. The average molecular weight is 530 g/mol. The van der Waals surface area contributed by atoms with Crippen molar-refractivity contribution in [2.75, 3.05) is 17.8 Å². The first-order valence-electron chi connectivity index (χ1n) is 10.5. The molecule has 0 aliphatic rings. The van der Waals surface area contributed by atoms with Gasteiger partial charge in [0.1, 0.15) is 23.9 Å². The molecule has 0 saturated carbocycles. The van der Waals surface area contributed by atoms with Gasteiger partial charge in [-0.2, -0.15) is 24.4 Å². The second-order valence-corrected chi connectivity index (χ2v) is 8.98. The predicted octanol–water partition coefficient (Wildman–Crippen LogP) is -1.64. The summed E-state index contributed by atoms with van der Waals surface area (Å²) in [4.78, 5) is 60.9. The topological polar surface area (TPSA) is 214 Å². The molecule has 0 fully saturated rings. The highest BCUT2D eigenvalue weighted by Gasteiger charge is 2.31. The number of hydrogen-bond donors (Lipinski definition) is 8. The number of thioether (sulfide) groups is 1. The molecule has 0 aliphatic carbocycles. The molecule has 14 heteroatoms. The third-order valence-corrected chi connectivity index (χ3v) is 5.82. The number of benzene rings is 1. The standard InChI is InChI=1S/C21H31N5O7S2/c1-35-7-6-13(22)18(29)24-14(8-11-2-4-12(27)5-3-11)19(30)25-15(9-17(23)28)20(31)26-16(10-34)21(32)33/h2-5,13-16,27,34H,6-10,22H2,1H3,(H2,23,28)(H,24,29)(H,25,30)(H,26,31)(H,32,33). The van der Waals surface area contributed by atoms with Crippen LogP contribution in [0.1, 0.15) is 18.4 Å². The molecule has 4 amide bonds. The number of carbonyl (C=O) groups is 5. The van der Waals surface area contributed by atoms with Crippen LogP contribution in [0, 0.1) is 0 Å². The van der Waals surface area contributed by atoms with Crippen molar-refractivity contribution in [2.45, 2.75) is 43.4 Å². The van der Waals surface area contributed by atoms with Gasteiger partial charge in [0.25, 0.3) is 0 Å². The monoisotopic (exact) mass is 529 g/mol. The van der Waals surface area contributed by atoms with Crippen molar-refractivity contribution in [3.05, 3.63) is 29.8 Å². The fourth-order valence-corrected chi connectivity index (χ4v) is 3.61. The van der Waals surface area contributed by atoms with Crippen LogP contribution in [0.2, 0.25) is 0 Å². The summed E-state index contributed by atoms with van der Waals surface area (Å²) in [6, 6.07) is 0.975. The summed E-state index contributed by atoms with van der Waals surface area (Å²) in [5.41, 5.74) is 11.7. The Morgan fingerprint density at radius 2 is 1.51 bits per heavy atom. The largest absolute Gasteiger partial charge is 0.508 e. The molecule has 0 aromatic heterocycles. The summed E-state index contributed by atoms with van der Waals surface area (Å²) >= 11 is 5.36. The summed E-state index contributed by atoms with van der Waals surface area (Å²) < 4.78 is 0. The second-order valence-electron chi connectivity index (χ2n) is 7.63. The molecule has 194 valence electrons. The van der Waals surface area contributed by atoms with E-state index in [4.69, 9.17) is 16.6 Å². The van der Waals surface area contributed by atoms with Crippen LogP contribution < -0.4 is 27.4 Å². The Labute approximate surface area is 212 Å². The Kier molecular flexibility index (Phi) is 13.0. The molecule has 0 bridgehead atoms. The molecule has 12 nitrogen and oxygen atoms in total. The lowest BCUT2D eigenvalue weighted by atomic mass is 10.0. The van der Waals surface area contributed by atoms with E-state index in [2.05, 4.69) is 28.6 Å². The average Bonchev–Trinajstić information content (AvgIpc) is 2.80. The lowest BCUT2D eigenvalue weighted by Gasteiger charge is -2.24. The van der Waals surface area contributed by atoms with Crippen molar-refractivity contribution >= 4 is 54.0 Å². The normalized spacial score (nSPS) is 14.1. The molecule has 0 radical (unpaired) electrons. The molecule has 35 heavy (non-hydrogen) atoms. The van der Waals surface area contributed by atoms with E-state index in [-0.39, 0.29) is 17.9 Å². The van der Waals surface area contributed by atoms with Gasteiger partial charge in [-0.3, -0.25) is 19.2 Å². The first kappa shape index (κ1) is 30.1. The maximum absolute atomic E-state index is 13.1. The van der Waals surface area contributed by atoms with Crippen LogP contribution in [-0.2, 0) is 30.4 Å². The quantitative estimate of drug-likeness (QED) is 0.122. The van der Waals surface area contributed by atoms with E-state index in [1.165, 1.54) is 23.9 Å². The summed E-state index contributed by atoms with van der Waals surface area (Å²) in [7, 11) is 0. The Morgan fingerprint density at radius 3 is 2.03 bits per heavy atom. The molecule has 9 N–H and O–H groups in total. The number of nitrogens with two attached hydrogens (primary N) is 2. The minimum Gasteiger partial charge on any atom is -0.508 e. The van der Waals surface area contributed by atoms with Crippen LogP contribution in [0.4, 0.5) is 0 Å². The third kappa shape index (κ3) is 10.9. The van der Waals surface area contributed by atoms with Crippen molar-refractivity contribution in [1.29, 1.82) is 0 Å². The van der Waals surface area contributed by atoms with Crippen LogP contribution in [0.5, 0.6) is 5.75 Å². The highest BCUT2D eigenvalue weighted by Crippen LogP contribution is 2.12. The van der Waals surface area contributed by atoms with Gasteiger partial charge in [-0.1, -0.05) is 12.1 Å². The number of rotatable bonds is 15. The molecule has 1 aromatic rings. The van der Waals surface area contributed by atoms with Crippen LogP contribution in [0.25, 0.3) is 0 Å². The summed E-state index contributed by atoms with van der Waals surface area (Å²) in [5.74, 6) is -4.22. The van der Waals surface area contributed by atoms with Gasteiger partial charge in [-0.05, 0) is 36.1 Å². The van der Waals surface area contributed by atoms with E-state index in [0.29, 0.717) is 17.7 Å². The fraction of sp³-hybridized carbons (Fsp3) is 0.476. The van der Waals surface area contributed by atoms with Crippen molar-refractivity contribution in [1.82, 2.24) is 16.0 Å². The van der Waals surface area contributed by atoms with Crippen molar-refractivity contribution < 1.29 is 34.2 Å². The molecule has 1 aromatic carbocycles. The summed E-state index contributed by atoms with van der Waals surface area (Å²) in [6.45, 7) is 0. The van der Waals surface area contributed by atoms with E-state index in [0.717, 1.165) is 0 Å². The molecule has 0 spiro atoms. The van der Waals surface area contributed by atoms with Crippen LogP contribution >= 0.6 is 24.4 Å². The number of aromatic hydroxyl groups is 1. The molecule has 4 unspecified atom stereocenters. The lowest BCUT2D eigenvalue weighted by molar-refractivity contribution is -0.141. The number of primary amides is 1. The second kappa shape index (κ2) is 15.1. The molecule has 4 atom stereocenters. The number of phenolic OH excluding ortho intramolecular Hbond substituents is 1. The number of amides is 4. The zero-order valence-electron chi connectivity index (χ0n) is 19.1. The van der Waals surface area contributed by atoms with Gasteiger partial charge in [-0.25, -0.2) is 4.79 Å². The maximum atomic E-state index is 13.1. The van der Waals surface area contributed by atoms with E-state index in [9.17, 15) is 29.1 Å². The molecule has 0 saturated heterocycles. The van der Waals surface area contributed by atoms with E-state index in [1.54, 1.807) is 12.1 Å². The Balaban J connectivity index is 3.10. The predicted molar refractivity (Wildman–Crippen MR) is 134 cm³/mol. The number of carboxylic acid groups (broad SMARTS) is 1. The van der Waals surface area contributed by atoms with Gasteiger partial charge in [0.15, 0.2) is 0 Å². The zero-order chi connectivity index (χ0) is 26.5. The smallest absolute Gasteiger partial charge is 0.327 e. The highest BCUT2D eigenvalue weighted by molar-refractivity contribution is 7.98. The Hall–Kier alpha value is -2.97. The van der Waals surface area contributed by atoms with Crippen molar-refractivity contribution in [2.24, 2.45) is 11.5 Å². The van der Waals surface area contributed by atoms with Crippen molar-refractivity contribution in [3.8, 4) is 5.75 Å². The minimum atomic E-state index is -1.49. The Morgan fingerprint density at radius 1 is 0.971 bits per heavy atom. The number of carboxylic acids is 1. The zero-order valence-corrected chi connectivity index (χ0v) is 20.8. The van der Waals surface area contributed by atoms with Gasteiger partial charge < -0.3 is 37.6 Å². The molecule has 1 rings (SSSR count). The minimum absolute atomic E-state index is 0.00763. The van der Waals surface area contributed by atoms with Crippen molar-refractivity contribution in [3.63, 3.8) is 0 Å². The lowest BCUT2D eigenvalue weighted by Crippen LogP contribution is -2.58. The van der Waals surface area contributed by atoms with Gasteiger partial charge >= 0.3 is 5.97 Å². The fourth-order valence-electron chi connectivity index (χ4n) is 2.87. The summed E-state index contributed by atoms with van der Waals surface area (Å²) in [6.07, 6.45) is 1.60. The molecular weight excluding hydrogens is 498 g/mol.